The summed E-state index contributed by atoms with van der Waals surface area (Å²) in [6.07, 6.45) is 1.78. The number of carboxylic acids is 1. The van der Waals surface area contributed by atoms with Crippen molar-refractivity contribution in [3.05, 3.63) is 29.7 Å². The summed E-state index contributed by atoms with van der Waals surface area (Å²) in [5.74, 6) is -1.20. The number of aryl methyl sites for hydroxylation is 1. The van der Waals surface area contributed by atoms with Gasteiger partial charge in [0, 0.05) is 6.20 Å². The average molecular weight is 233 g/mol. The highest BCUT2D eigenvalue weighted by molar-refractivity contribution is 5.75. The van der Waals surface area contributed by atoms with Crippen molar-refractivity contribution in [2.45, 2.75) is 26.7 Å². The van der Waals surface area contributed by atoms with Gasteiger partial charge in [0.15, 0.2) is 11.5 Å². The lowest BCUT2D eigenvalue weighted by molar-refractivity contribution is -0.140. The number of hydrogen-bond acceptors (Lipinski definition) is 3. The van der Waals surface area contributed by atoms with Gasteiger partial charge in [-0.25, -0.2) is 9.50 Å². The molecule has 0 radical (unpaired) electrons. The van der Waals surface area contributed by atoms with Crippen LogP contribution in [-0.2, 0) is 4.79 Å². The highest BCUT2D eigenvalue weighted by Gasteiger charge is 2.28. The zero-order valence-electron chi connectivity index (χ0n) is 10.1. The Morgan fingerprint density at radius 2 is 2.18 bits per heavy atom. The molecule has 1 unspecified atom stereocenters. The van der Waals surface area contributed by atoms with Crippen LogP contribution in [0.5, 0.6) is 0 Å². The number of hydrogen-bond donors (Lipinski definition) is 1. The monoisotopic (exact) mass is 233 g/mol. The molecule has 1 N–H and O–H groups in total. The third kappa shape index (κ3) is 2.00. The molecule has 0 amide bonds. The fourth-order valence-corrected chi connectivity index (χ4v) is 1.88. The molecule has 0 saturated carbocycles. The van der Waals surface area contributed by atoms with E-state index >= 15 is 0 Å². The lowest BCUT2D eigenvalue weighted by atomic mass is 9.95. The van der Waals surface area contributed by atoms with E-state index in [2.05, 4.69) is 10.1 Å². The molecule has 5 nitrogen and oxygen atoms in total. The molecule has 90 valence electrons. The van der Waals surface area contributed by atoms with E-state index in [1.807, 2.05) is 32.9 Å². The zero-order valence-corrected chi connectivity index (χ0v) is 10.1. The number of fused-ring (bicyclic) bond motifs is 1. The van der Waals surface area contributed by atoms with Gasteiger partial charge in [-0.15, -0.1) is 0 Å². The second-order valence-corrected chi connectivity index (χ2v) is 4.49. The van der Waals surface area contributed by atoms with Crippen LogP contribution in [0.2, 0.25) is 0 Å². The Labute approximate surface area is 99.1 Å². The van der Waals surface area contributed by atoms with E-state index in [1.54, 1.807) is 10.7 Å². The molecule has 0 bridgehead atoms. The Hall–Kier alpha value is -1.91. The summed E-state index contributed by atoms with van der Waals surface area (Å²) in [5.41, 5.74) is 1.70. The molecular weight excluding hydrogens is 218 g/mol. The first-order valence-electron chi connectivity index (χ1n) is 5.55. The van der Waals surface area contributed by atoms with Crippen molar-refractivity contribution in [2.24, 2.45) is 5.92 Å². The van der Waals surface area contributed by atoms with Crippen LogP contribution in [-0.4, -0.2) is 25.7 Å². The normalized spacial score (nSPS) is 13.2. The third-order valence-corrected chi connectivity index (χ3v) is 2.78. The number of carbonyl (C=O) groups is 1. The average Bonchev–Trinajstić information content (AvgIpc) is 2.61. The summed E-state index contributed by atoms with van der Waals surface area (Å²) in [6, 6.07) is 3.80. The van der Waals surface area contributed by atoms with Gasteiger partial charge >= 0.3 is 5.97 Å². The van der Waals surface area contributed by atoms with E-state index in [1.165, 1.54) is 0 Å². The maximum Gasteiger partial charge on any atom is 0.314 e. The first kappa shape index (κ1) is 11.6. The molecule has 1 atom stereocenters. The number of aromatic nitrogens is 3. The summed E-state index contributed by atoms with van der Waals surface area (Å²) in [4.78, 5) is 15.5. The van der Waals surface area contributed by atoms with Gasteiger partial charge in [-0.3, -0.25) is 4.79 Å². The predicted molar refractivity (Wildman–Crippen MR) is 62.9 cm³/mol. The Balaban J connectivity index is 2.55. The minimum absolute atomic E-state index is 0.0368. The third-order valence-electron chi connectivity index (χ3n) is 2.78. The van der Waals surface area contributed by atoms with Crippen LogP contribution < -0.4 is 0 Å². The molecule has 5 heteroatoms. The smallest absolute Gasteiger partial charge is 0.314 e. The standard InChI is InChI=1S/C12H15N3O2/c1-7(2)9(12(16)17)10-13-11-8(3)5-4-6-15(11)14-10/h4-7,9H,1-3H3,(H,16,17). The Kier molecular flexibility index (Phi) is 2.83. The Morgan fingerprint density at radius 1 is 1.47 bits per heavy atom. The molecule has 0 saturated heterocycles. The van der Waals surface area contributed by atoms with Gasteiger partial charge < -0.3 is 5.11 Å². The molecule has 2 aromatic heterocycles. The van der Waals surface area contributed by atoms with E-state index in [9.17, 15) is 9.90 Å². The number of rotatable bonds is 3. The molecule has 2 heterocycles. The van der Waals surface area contributed by atoms with E-state index in [0.29, 0.717) is 5.82 Å². The van der Waals surface area contributed by atoms with E-state index in [0.717, 1.165) is 11.2 Å². The molecule has 0 aliphatic heterocycles. The van der Waals surface area contributed by atoms with E-state index in [4.69, 9.17) is 0 Å². The predicted octanol–water partition coefficient (Wildman–Crippen LogP) is 1.86. The van der Waals surface area contributed by atoms with Crippen molar-refractivity contribution in [2.75, 3.05) is 0 Å². The van der Waals surface area contributed by atoms with Gasteiger partial charge in [0.05, 0.1) is 0 Å². The largest absolute Gasteiger partial charge is 0.481 e. The van der Waals surface area contributed by atoms with Crippen LogP contribution in [0.1, 0.15) is 31.2 Å². The SMILES string of the molecule is Cc1cccn2nc(C(C(=O)O)C(C)C)nc12. The zero-order chi connectivity index (χ0) is 12.6. The topological polar surface area (TPSA) is 67.5 Å². The van der Waals surface area contributed by atoms with Crippen LogP contribution in [0.4, 0.5) is 0 Å². The van der Waals surface area contributed by atoms with Crippen LogP contribution in [0.3, 0.4) is 0 Å². The maximum atomic E-state index is 11.2. The maximum absolute atomic E-state index is 11.2. The summed E-state index contributed by atoms with van der Waals surface area (Å²) >= 11 is 0. The van der Waals surface area contributed by atoms with Gasteiger partial charge in [0.2, 0.25) is 0 Å². The molecule has 0 aliphatic rings. The molecule has 0 aliphatic carbocycles. The second-order valence-electron chi connectivity index (χ2n) is 4.49. The van der Waals surface area contributed by atoms with Crippen molar-refractivity contribution < 1.29 is 9.90 Å². The van der Waals surface area contributed by atoms with Crippen LogP contribution >= 0.6 is 0 Å². The first-order valence-corrected chi connectivity index (χ1v) is 5.55. The van der Waals surface area contributed by atoms with Gasteiger partial charge in [0.1, 0.15) is 5.92 Å². The number of aliphatic carboxylic acids is 1. The lowest BCUT2D eigenvalue weighted by Crippen LogP contribution is -2.19. The van der Waals surface area contributed by atoms with Gasteiger partial charge in [0.25, 0.3) is 0 Å². The first-order chi connectivity index (χ1) is 8.00. The molecule has 17 heavy (non-hydrogen) atoms. The molecule has 0 aromatic carbocycles. The molecule has 2 rings (SSSR count). The summed E-state index contributed by atoms with van der Waals surface area (Å²) in [7, 11) is 0. The fourth-order valence-electron chi connectivity index (χ4n) is 1.88. The Bertz CT molecular complexity index is 560. The van der Waals surface area contributed by atoms with Crippen LogP contribution in [0.25, 0.3) is 5.65 Å². The second kappa shape index (κ2) is 4.16. The van der Waals surface area contributed by atoms with Crippen molar-refractivity contribution in [1.29, 1.82) is 0 Å². The van der Waals surface area contributed by atoms with Crippen molar-refractivity contribution in [3.63, 3.8) is 0 Å². The number of pyridine rings is 1. The highest BCUT2D eigenvalue weighted by atomic mass is 16.4. The fraction of sp³-hybridized carbons (Fsp3) is 0.417. The van der Waals surface area contributed by atoms with E-state index < -0.39 is 11.9 Å². The highest BCUT2D eigenvalue weighted by Crippen LogP contribution is 2.22. The lowest BCUT2D eigenvalue weighted by Gasteiger charge is -2.11. The van der Waals surface area contributed by atoms with Crippen molar-refractivity contribution in [3.8, 4) is 0 Å². The summed E-state index contributed by atoms with van der Waals surface area (Å²) in [5, 5.41) is 13.4. The van der Waals surface area contributed by atoms with Gasteiger partial charge in [-0.05, 0) is 24.5 Å². The van der Waals surface area contributed by atoms with Gasteiger partial charge in [-0.1, -0.05) is 19.9 Å². The molecule has 0 fully saturated rings. The summed E-state index contributed by atoms with van der Waals surface area (Å²) in [6.45, 7) is 5.65. The number of nitrogens with zero attached hydrogens (tertiary/aromatic N) is 3. The summed E-state index contributed by atoms with van der Waals surface area (Å²) < 4.78 is 1.63. The van der Waals surface area contributed by atoms with E-state index in [-0.39, 0.29) is 5.92 Å². The van der Waals surface area contributed by atoms with Crippen LogP contribution in [0, 0.1) is 12.8 Å². The quantitative estimate of drug-likeness (QED) is 0.878. The minimum atomic E-state index is -0.881. The van der Waals surface area contributed by atoms with Gasteiger partial charge in [-0.2, -0.15) is 5.10 Å². The molecular formula is C12H15N3O2. The van der Waals surface area contributed by atoms with Crippen LogP contribution in [0.15, 0.2) is 18.3 Å². The van der Waals surface area contributed by atoms with Crippen molar-refractivity contribution >= 4 is 11.6 Å². The Morgan fingerprint density at radius 3 is 2.71 bits per heavy atom. The van der Waals surface area contributed by atoms with Crippen molar-refractivity contribution in [1.82, 2.24) is 14.6 Å². The minimum Gasteiger partial charge on any atom is -0.481 e. The number of carboxylic acid groups (broad SMARTS) is 1. The molecule has 2 aromatic rings. The molecule has 0 spiro atoms.